The maximum absolute atomic E-state index is 9.66. The molecule has 0 atom stereocenters. The highest BCUT2D eigenvalue weighted by molar-refractivity contribution is 5.45. The van der Waals surface area contributed by atoms with Gasteiger partial charge in [0.05, 0.1) is 6.10 Å². The molecular formula is C15H30N6O5. The molecule has 0 spiro atoms. The molecule has 11 nitrogen and oxygen atoms in total. The molecule has 1 aromatic rings. The van der Waals surface area contributed by atoms with Gasteiger partial charge in [-0.15, -0.1) is 0 Å². The minimum absolute atomic E-state index is 0.0141. The van der Waals surface area contributed by atoms with E-state index in [0.29, 0.717) is 6.54 Å². The molecule has 0 saturated heterocycles. The van der Waals surface area contributed by atoms with Gasteiger partial charge in [0.25, 0.3) is 0 Å². The highest BCUT2D eigenvalue weighted by atomic mass is 16.5. The molecule has 0 fully saturated rings. The lowest BCUT2D eigenvalue weighted by molar-refractivity contribution is 0.0679. The second kappa shape index (κ2) is 11.0. The summed E-state index contributed by atoms with van der Waals surface area (Å²) in [6.07, 6.45) is -0.0638. The zero-order valence-corrected chi connectivity index (χ0v) is 15.8. The first-order valence-corrected chi connectivity index (χ1v) is 8.42. The Morgan fingerprint density at radius 3 is 1.54 bits per heavy atom. The molecule has 0 bridgehead atoms. The van der Waals surface area contributed by atoms with Crippen molar-refractivity contribution < 1.29 is 25.2 Å². The van der Waals surface area contributed by atoms with E-state index in [-0.39, 0.29) is 43.3 Å². The first kappa shape index (κ1) is 22.3. The van der Waals surface area contributed by atoms with Crippen molar-refractivity contribution in [3.8, 4) is 0 Å². The predicted octanol–water partition coefficient (Wildman–Crippen LogP) is -0.871. The molecule has 0 saturated carbocycles. The van der Waals surface area contributed by atoms with E-state index < -0.39 is 20.2 Å². The van der Waals surface area contributed by atoms with Gasteiger partial charge in [-0.2, -0.15) is 15.0 Å². The smallest absolute Gasteiger partial charge is 0.235 e. The van der Waals surface area contributed by atoms with Gasteiger partial charge < -0.3 is 30.1 Å². The van der Waals surface area contributed by atoms with Crippen molar-refractivity contribution in [3.63, 3.8) is 0 Å². The Balaban J connectivity index is 3.29. The van der Waals surface area contributed by atoms with Crippen LogP contribution in [0.4, 0.5) is 17.8 Å². The third-order valence-electron chi connectivity index (χ3n) is 3.28. The van der Waals surface area contributed by atoms with Gasteiger partial charge >= 0.3 is 0 Å². The Bertz CT molecular complexity index is 529. The van der Waals surface area contributed by atoms with Crippen LogP contribution in [-0.2, 0) is 4.74 Å². The van der Waals surface area contributed by atoms with Crippen LogP contribution in [0.1, 0.15) is 27.7 Å². The molecule has 11 heteroatoms. The quantitative estimate of drug-likeness (QED) is 0.339. The number of aromatic nitrogens is 3. The van der Waals surface area contributed by atoms with E-state index in [1.165, 1.54) is 9.80 Å². The van der Waals surface area contributed by atoms with Gasteiger partial charge in [-0.3, -0.25) is 9.80 Å². The Hall–Kier alpha value is -1.79. The molecule has 0 aliphatic heterocycles. The summed E-state index contributed by atoms with van der Waals surface area (Å²) in [6.45, 7) is 6.46. The van der Waals surface area contributed by atoms with E-state index in [2.05, 4.69) is 15.0 Å². The molecule has 1 heterocycles. The van der Waals surface area contributed by atoms with Crippen molar-refractivity contribution in [1.82, 2.24) is 15.0 Å². The molecule has 0 unspecified atom stereocenters. The summed E-state index contributed by atoms with van der Waals surface area (Å²) < 4.78 is 5.48. The molecule has 4 N–H and O–H groups in total. The second-order valence-corrected chi connectivity index (χ2v) is 6.34. The lowest BCUT2D eigenvalue weighted by atomic mass is 10.2. The van der Waals surface area contributed by atoms with Crippen LogP contribution < -0.4 is 14.7 Å². The van der Waals surface area contributed by atoms with Crippen LogP contribution in [0, 0.1) is 5.92 Å². The molecule has 0 aliphatic carbocycles. The largest absolute Gasteiger partial charge is 0.376 e. The number of anilines is 3. The Morgan fingerprint density at radius 1 is 0.731 bits per heavy atom. The fourth-order valence-corrected chi connectivity index (χ4v) is 1.98. The minimum Gasteiger partial charge on any atom is -0.376 e. The average Bonchev–Trinajstić information content (AvgIpc) is 2.60. The van der Waals surface area contributed by atoms with Crippen molar-refractivity contribution >= 4 is 17.8 Å². The van der Waals surface area contributed by atoms with Gasteiger partial charge in [0.15, 0.2) is 0 Å². The Kier molecular flexibility index (Phi) is 9.44. The monoisotopic (exact) mass is 374 g/mol. The number of nitrogens with zero attached hydrogens (tertiary/aromatic N) is 6. The van der Waals surface area contributed by atoms with E-state index in [0.717, 1.165) is 4.90 Å². The van der Waals surface area contributed by atoms with Crippen molar-refractivity contribution in [2.45, 2.75) is 33.8 Å². The first-order chi connectivity index (χ1) is 12.4. The number of hydrogen-bond donors (Lipinski definition) is 4. The molecule has 0 radical (unpaired) electrons. The van der Waals surface area contributed by atoms with Crippen LogP contribution >= 0.6 is 0 Å². The number of hydrogen-bond acceptors (Lipinski definition) is 11. The third-order valence-corrected chi connectivity index (χ3v) is 3.28. The first-order valence-electron chi connectivity index (χ1n) is 8.42. The summed E-state index contributed by atoms with van der Waals surface area (Å²) in [4.78, 5) is 16.7. The minimum atomic E-state index is -0.510. The van der Waals surface area contributed by atoms with Crippen molar-refractivity contribution in [2.24, 2.45) is 5.92 Å². The SMILES string of the molecule is CC(C)CN(CO)c1nc(N(CO)CO)nc(N(CO)COC(C)C)n1. The summed E-state index contributed by atoms with van der Waals surface area (Å²) in [5.74, 6) is 0.509. The zero-order chi connectivity index (χ0) is 19.7. The second-order valence-electron chi connectivity index (χ2n) is 6.34. The van der Waals surface area contributed by atoms with Crippen LogP contribution in [0.15, 0.2) is 0 Å². The lowest BCUT2D eigenvalue weighted by Gasteiger charge is -2.27. The van der Waals surface area contributed by atoms with E-state index in [1.54, 1.807) is 0 Å². The molecule has 26 heavy (non-hydrogen) atoms. The van der Waals surface area contributed by atoms with Crippen LogP contribution in [0.3, 0.4) is 0 Å². The maximum atomic E-state index is 9.66. The van der Waals surface area contributed by atoms with Gasteiger partial charge in [0.2, 0.25) is 17.8 Å². The van der Waals surface area contributed by atoms with Crippen molar-refractivity contribution in [3.05, 3.63) is 0 Å². The van der Waals surface area contributed by atoms with Crippen LogP contribution in [0.5, 0.6) is 0 Å². The molecule has 1 rings (SSSR count). The third kappa shape index (κ3) is 6.50. The molecule has 150 valence electrons. The van der Waals surface area contributed by atoms with Gasteiger partial charge in [-0.05, 0) is 19.8 Å². The fraction of sp³-hybridized carbons (Fsp3) is 0.800. The molecule has 0 aliphatic rings. The summed E-state index contributed by atoms with van der Waals surface area (Å²) >= 11 is 0. The summed E-state index contributed by atoms with van der Waals surface area (Å²) in [5.41, 5.74) is 0. The molecule has 0 aromatic carbocycles. The van der Waals surface area contributed by atoms with E-state index >= 15 is 0 Å². The van der Waals surface area contributed by atoms with Crippen LogP contribution in [0.2, 0.25) is 0 Å². The van der Waals surface area contributed by atoms with Gasteiger partial charge in [-0.25, -0.2) is 0 Å². The molecular weight excluding hydrogens is 344 g/mol. The summed E-state index contributed by atoms with van der Waals surface area (Å²) in [6, 6.07) is 0. The van der Waals surface area contributed by atoms with Crippen LogP contribution in [0.25, 0.3) is 0 Å². The van der Waals surface area contributed by atoms with E-state index in [1.807, 2.05) is 27.7 Å². The van der Waals surface area contributed by atoms with Gasteiger partial charge in [0, 0.05) is 6.54 Å². The molecule has 0 amide bonds. The highest BCUT2D eigenvalue weighted by Gasteiger charge is 2.20. The Morgan fingerprint density at radius 2 is 1.15 bits per heavy atom. The maximum Gasteiger partial charge on any atom is 0.235 e. The van der Waals surface area contributed by atoms with Gasteiger partial charge in [0.1, 0.15) is 33.7 Å². The van der Waals surface area contributed by atoms with E-state index in [4.69, 9.17) is 4.74 Å². The number of aliphatic hydroxyl groups is 4. The van der Waals surface area contributed by atoms with Crippen LogP contribution in [-0.4, -0.2) is 81.7 Å². The van der Waals surface area contributed by atoms with Crippen molar-refractivity contribution in [1.29, 1.82) is 0 Å². The Labute approximate surface area is 153 Å². The van der Waals surface area contributed by atoms with E-state index in [9.17, 15) is 20.4 Å². The predicted molar refractivity (Wildman–Crippen MR) is 96.4 cm³/mol. The number of ether oxygens (including phenoxy) is 1. The lowest BCUT2D eigenvalue weighted by Crippen LogP contribution is -2.35. The molecule has 1 aromatic heterocycles. The summed E-state index contributed by atoms with van der Waals surface area (Å²) in [7, 11) is 0. The van der Waals surface area contributed by atoms with Crippen molar-refractivity contribution in [2.75, 3.05) is 54.9 Å². The number of aliphatic hydroxyl groups excluding tert-OH is 4. The average molecular weight is 374 g/mol. The highest BCUT2D eigenvalue weighted by Crippen LogP contribution is 2.19. The summed E-state index contributed by atoms with van der Waals surface area (Å²) in [5, 5.41) is 38.1. The zero-order valence-electron chi connectivity index (χ0n) is 15.8. The number of rotatable bonds is 12. The fourth-order valence-electron chi connectivity index (χ4n) is 1.98. The topological polar surface area (TPSA) is 139 Å². The standard InChI is InChI=1S/C15H30N6O5/c1-11(2)5-19(6-22)13-16-14(20(7-23)8-24)18-15(17-13)21(9-25)10-26-12(3)4/h11-12,22-25H,5-10H2,1-4H3. The van der Waals surface area contributed by atoms with Gasteiger partial charge in [-0.1, -0.05) is 13.8 Å². The normalized spacial score (nSPS) is 11.3.